The number of rotatable bonds is 11. The van der Waals surface area contributed by atoms with Gasteiger partial charge in [0.1, 0.15) is 0 Å². The topological polar surface area (TPSA) is 9.23 Å². The fourth-order valence-corrected chi connectivity index (χ4v) is 17.9. The van der Waals surface area contributed by atoms with Crippen LogP contribution in [0.4, 0.5) is 0 Å². The summed E-state index contributed by atoms with van der Waals surface area (Å²) in [5.74, 6) is 1.19. The van der Waals surface area contributed by atoms with Crippen molar-refractivity contribution in [3.63, 3.8) is 0 Å². The van der Waals surface area contributed by atoms with Crippen molar-refractivity contribution in [3.05, 3.63) is 9.85 Å². The Balaban J connectivity index is 4.84. The predicted molar refractivity (Wildman–Crippen MR) is 85.7 cm³/mol. The van der Waals surface area contributed by atoms with Crippen LogP contribution >= 0.6 is 0 Å². The van der Waals surface area contributed by atoms with Gasteiger partial charge in [-0.15, -0.1) is 0 Å². The van der Waals surface area contributed by atoms with Gasteiger partial charge >= 0.3 is 120 Å². The van der Waals surface area contributed by atoms with E-state index in [-0.39, 0.29) is 0 Å². The molecule has 0 fully saturated rings. The van der Waals surface area contributed by atoms with Crippen LogP contribution in [0.5, 0.6) is 0 Å². The van der Waals surface area contributed by atoms with Gasteiger partial charge in [0, 0.05) is 0 Å². The second-order valence-corrected chi connectivity index (χ2v) is 18.5. The number of hydrogen-bond donors (Lipinski definition) is 0. The van der Waals surface area contributed by atoms with E-state index in [1.807, 2.05) is 7.11 Å². The first-order valence-corrected chi connectivity index (χ1v) is 15.6. The summed E-state index contributed by atoms with van der Waals surface area (Å²) in [6.45, 7) is 9.12. The molecule has 0 radical (unpaired) electrons. The van der Waals surface area contributed by atoms with Crippen molar-refractivity contribution in [2.75, 3.05) is 7.11 Å². The van der Waals surface area contributed by atoms with Gasteiger partial charge in [-0.1, -0.05) is 0 Å². The van der Waals surface area contributed by atoms with E-state index in [0.29, 0.717) is 0 Å². The third-order valence-corrected chi connectivity index (χ3v) is 18.4. The fraction of sp³-hybridized carbons (Fsp3) is 0.875. The minimum absolute atomic E-state index is 1.19. The molecule has 0 spiro atoms. The monoisotopic (exact) mass is 362 g/mol. The molecule has 0 aliphatic carbocycles. The Labute approximate surface area is 119 Å². The molecule has 18 heavy (non-hydrogen) atoms. The molecule has 0 saturated carbocycles. The number of ether oxygens (including phenoxy) is 1. The molecule has 108 valence electrons. The van der Waals surface area contributed by atoms with Crippen LogP contribution in [0.3, 0.4) is 0 Å². The average molecular weight is 361 g/mol. The average Bonchev–Trinajstić information content (AvgIpc) is 2.40. The first kappa shape index (κ1) is 18.3. The molecule has 0 aromatic heterocycles. The van der Waals surface area contributed by atoms with Crippen molar-refractivity contribution < 1.29 is 4.74 Å². The van der Waals surface area contributed by atoms with Crippen LogP contribution in [0.1, 0.15) is 66.2 Å². The molecule has 2 heteroatoms. The second-order valence-electron chi connectivity index (χ2n) is 5.63. The summed E-state index contributed by atoms with van der Waals surface area (Å²) in [5.41, 5.74) is 0. The molecule has 0 amide bonds. The standard InChI is InChI=1S/C4H7O.3C4H9.Sn/c1-4(2)5-3;3*1-3-4-2;/h1H,2-3H3;3*1,3-4H2,2H3;. The zero-order chi connectivity index (χ0) is 13.9. The van der Waals surface area contributed by atoms with E-state index >= 15 is 0 Å². The van der Waals surface area contributed by atoms with Crippen LogP contribution < -0.4 is 0 Å². The van der Waals surface area contributed by atoms with Crippen molar-refractivity contribution >= 4 is 18.4 Å². The number of methoxy groups -OCH3 is 1. The molecule has 0 aromatic rings. The quantitative estimate of drug-likeness (QED) is 0.328. The number of allylic oxidation sites excluding steroid dienone is 1. The summed E-state index contributed by atoms with van der Waals surface area (Å²) in [4.78, 5) is 0. The van der Waals surface area contributed by atoms with E-state index in [2.05, 4.69) is 31.8 Å². The van der Waals surface area contributed by atoms with E-state index in [9.17, 15) is 0 Å². The predicted octanol–water partition coefficient (Wildman–Crippen LogP) is 5.92. The third-order valence-electron chi connectivity index (χ3n) is 3.92. The van der Waals surface area contributed by atoms with Gasteiger partial charge in [0.15, 0.2) is 0 Å². The second kappa shape index (κ2) is 11.2. The zero-order valence-corrected chi connectivity index (χ0v) is 16.2. The molecule has 0 atom stereocenters. The van der Waals surface area contributed by atoms with Crippen molar-refractivity contribution in [3.8, 4) is 0 Å². The van der Waals surface area contributed by atoms with Gasteiger partial charge in [0.25, 0.3) is 0 Å². The summed E-state index contributed by atoms with van der Waals surface area (Å²) in [5, 5.41) is 0. The first-order valence-electron chi connectivity index (χ1n) is 7.87. The SMILES string of the molecule is CCC[CH2][Sn](/[CH]=C(/C)OC)([CH2]CCC)[CH2]CCC. The molecule has 0 heterocycles. The Morgan fingerprint density at radius 1 is 0.889 bits per heavy atom. The molecule has 0 aliphatic rings. The zero-order valence-electron chi connectivity index (χ0n) is 13.3. The molecule has 0 aromatic carbocycles. The van der Waals surface area contributed by atoms with Gasteiger partial charge in [-0.25, -0.2) is 0 Å². The van der Waals surface area contributed by atoms with Crippen LogP contribution in [0.15, 0.2) is 9.85 Å². The van der Waals surface area contributed by atoms with Crippen LogP contribution in [0.25, 0.3) is 0 Å². The fourth-order valence-electron chi connectivity index (χ4n) is 2.67. The summed E-state index contributed by atoms with van der Waals surface area (Å²) < 4.78 is 12.7. The Morgan fingerprint density at radius 2 is 1.28 bits per heavy atom. The van der Waals surface area contributed by atoms with Crippen molar-refractivity contribution in [1.29, 1.82) is 0 Å². The molecule has 0 bridgehead atoms. The normalized spacial score (nSPS) is 12.8. The molecule has 0 N–H and O–H groups in total. The van der Waals surface area contributed by atoms with Crippen LogP contribution in [-0.4, -0.2) is 25.5 Å². The maximum absolute atomic E-state index is 5.46. The van der Waals surface area contributed by atoms with Crippen LogP contribution in [0.2, 0.25) is 13.3 Å². The molecular formula is C16H34OSn. The third kappa shape index (κ3) is 7.70. The Bertz CT molecular complexity index is 201. The van der Waals surface area contributed by atoms with Gasteiger partial charge < -0.3 is 0 Å². The number of unbranched alkanes of at least 4 members (excludes halogenated alkanes) is 3. The van der Waals surface area contributed by atoms with Crippen molar-refractivity contribution in [2.24, 2.45) is 0 Å². The Hall–Kier alpha value is 0.339. The summed E-state index contributed by atoms with van der Waals surface area (Å²) in [6, 6.07) is 0. The van der Waals surface area contributed by atoms with Gasteiger partial charge in [0.05, 0.1) is 0 Å². The van der Waals surface area contributed by atoms with E-state index in [0.717, 1.165) is 0 Å². The van der Waals surface area contributed by atoms with E-state index in [1.54, 1.807) is 0 Å². The maximum atomic E-state index is 5.46. The molecule has 0 rings (SSSR count). The van der Waals surface area contributed by atoms with Crippen molar-refractivity contribution in [2.45, 2.75) is 79.5 Å². The Morgan fingerprint density at radius 3 is 1.56 bits per heavy atom. The summed E-state index contributed by atoms with van der Waals surface area (Å²) in [6.07, 6.45) is 8.31. The van der Waals surface area contributed by atoms with Gasteiger partial charge in [-0.05, 0) is 0 Å². The van der Waals surface area contributed by atoms with E-state index in [4.69, 9.17) is 4.74 Å². The first-order chi connectivity index (χ1) is 8.64. The number of hydrogen-bond acceptors (Lipinski definition) is 1. The Kier molecular flexibility index (Phi) is 11.4. The summed E-state index contributed by atoms with van der Waals surface area (Å²) in [7, 11) is 1.82. The molecule has 0 unspecified atom stereocenters. The van der Waals surface area contributed by atoms with Crippen molar-refractivity contribution in [1.82, 2.24) is 0 Å². The summed E-state index contributed by atoms with van der Waals surface area (Å²) >= 11 is -2.06. The van der Waals surface area contributed by atoms with Gasteiger partial charge in [-0.3, -0.25) is 0 Å². The van der Waals surface area contributed by atoms with E-state index < -0.39 is 18.4 Å². The molecule has 0 saturated heterocycles. The molecule has 0 aliphatic heterocycles. The van der Waals surface area contributed by atoms with Crippen LogP contribution in [-0.2, 0) is 4.74 Å². The van der Waals surface area contributed by atoms with Gasteiger partial charge in [0.2, 0.25) is 0 Å². The molecular weight excluding hydrogens is 327 g/mol. The van der Waals surface area contributed by atoms with Gasteiger partial charge in [-0.2, -0.15) is 0 Å². The van der Waals surface area contributed by atoms with Crippen LogP contribution in [0, 0.1) is 0 Å². The van der Waals surface area contributed by atoms with E-state index in [1.165, 1.54) is 57.6 Å². The minimum atomic E-state index is -2.06. The molecule has 1 nitrogen and oxygen atoms in total.